The summed E-state index contributed by atoms with van der Waals surface area (Å²) in [7, 11) is 1.68. The number of hydrogen-bond donors (Lipinski definition) is 0. The molecule has 9 heteroatoms. The van der Waals surface area contributed by atoms with Gasteiger partial charge in [0.15, 0.2) is 11.0 Å². The van der Waals surface area contributed by atoms with Crippen LogP contribution in [0.1, 0.15) is 56.7 Å². The van der Waals surface area contributed by atoms with Crippen LogP contribution in [-0.4, -0.2) is 32.1 Å². The normalized spacial score (nSPS) is 19.5. The van der Waals surface area contributed by atoms with Crippen molar-refractivity contribution in [3.63, 3.8) is 0 Å². The molecule has 0 saturated heterocycles. The Morgan fingerprint density at radius 3 is 2.64 bits per heavy atom. The summed E-state index contributed by atoms with van der Waals surface area (Å²) in [6.07, 6.45) is 4.86. The molecule has 7 nitrogen and oxygen atoms in total. The smallest absolute Gasteiger partial charge is 0.257 e. The molecule has 4 aromatic rings. The number of ether oxygens (including phenoxy) is 1. The molecule has 0 N–H and O–H groups in total. The fourth-order valence-corrected chi connectivity index (χ4v) is 5.96. The van der Waals surface area contributed by atoms with Crippen molar-refractivity contribution in [1.29, 1.82) is 0 Å². The molecule has 33 heavy (non-hydrogen) atoms. The highest BCUT2D eigenvalue weighted by Gasteiger charge is 2.30. The zero-order valence-corrected chi connectivity index (χ0v) is 20.6. The van der Waals surface area contributed by atoms with Crippen LogP contribution in [0.4, 0.5) is 0 Å². The second-order valence-corrected chi connectivity index (χ2v) is 10.7. The number of benzene rings is 1. The van der Waals surface area contributed by atoms with E-state index in [0.717, 1.165) is 33.6 Å². The molecule has 172 valence electrons. The summed E-state index contributed by atoms with van der Waals surface area (Å²) in [5, 5.41) is 20.7. The van der Waals surface area contributed by atoms with Crippen molar-refractivity contribution in [2.75, 3.05) is 7.11 Å². The molecule has 0 amide bonds. The van der Waals surface area contributed by atoms with Crippen molar-refractivity contribution in [2.24, 2.45) is 5.92 Å². The van der Waals surface area contributed by atoms with Gasteiger partial charge in [-0.05, 0) is 61.4 Å². The SMILES string of the molecule is COc1ccc(-c2nnc(S[C@H](C)c3nnc(-c4cccs4)o3)n2[C@H]2CCCC[C@H]2C)cc1. The summed E-state index contributed by atoms with van der Waals surface area (Å²) in [6.45, 7) is 4.41. The molecule has 3 atom stereocenters. The Balaban J connectivity index is 1.47. The van der Waals surface area contributed by atoms with E-state index in [4.69, 9.17) is 9.15 Å². The molecular weight excluding hydrogens is 454 g/mol. The Hall–Kier alpha value is -2.65. The van der Waals surface area contributed by atoms with E-state index in [1.807, 2.05) is 29.6 Å². The highest BCUT2D eigenvalue weighted by Crippen LogP contribution is 2.42. The van der Waals surface area contributed by atoms with Gasteiger partial charge in [-0.15, -0.1) is 31.7 Å². The van der Waals surface area contributed by atoms with E-state index in [0.29, 0.717) is 23.7 Å². The van der Waals surface area contributed by atoms with Crippen molar-refractivity contribution >= 4 is 23.1 Å². The van der Waals surface area contributed by atoms with Crippen LogP contribution in [0.5, 0.6) is 5.75 Å². The van der Waals surface area contributed by atoms with E-state index in [-0.39, 0.29) is 5.25 Å². The summed E-state index contributed by atoms with van der Waals surface area (Å²) in [6, 6.07) is 12.4. The number of aromatic nitrogens is 5. The number of hydrogen-bond acceptors (Lipinski definition) is 8. The van der Waals surface area contributed by atoms with Crippen LogP contribution in [0.2, 0.25) is 0 Å². The molecule has 0 unspecified atom stereocenters. The van der Waals surface area contributed by atoms with Crippen molar-refractivity contribution in [3.05, 3.63) is 47.7 Å². The van der Waals surface area contributed by atoms with Crippen LogP contribution in [0.3, 0.4) is 0 Å². The molecule has 1 saturated carbocycles. The lowest BCUT2D eigenvalue weighted by molar-refractivity contribution is 0.247. The predicted molar refractivity (Wildman–Crippen MR) is 131 cm³/mol. The maximum absolute atomic E-state index is 5.98. The van der Waals surface area contributed by atoms with Gasteiger partial charge in [-0.25, -0.2) is 0 Å². The average molecular weight is 482 g/mol. The highest BCUT2D eigenvalue weighted by molar-refractivity contribution is 7.99. The Morgan fingerprint density at radius 1 is 1.09 bits per heavy atom. The molecule has 0 bridgehead atoms. The number of rotatable bonds is 7. The average Bonchev–Trinajstić information content (AvgIpc) is 3.60. The summed E-state index contributed by atoms with van der Waals surface area (Å²) < 4.78 is 13.7. The first-order chi connectivity index (χ1) is 16.1. The molecule has 0 spiro atoms. The number of thiophene rings is 1. The minimum Gasteiger partial charge on any atom is -0.497 e. The second-order valence-electron chi connectivity index (χ2n) is 8.42. The minimum absolute atomic E-state index is 0.0447. The maximum atomic E-state index is 5.98. The van der Waals surface area contributed by atoms with Crippen molar-refractivity contribution in [3.8, 4) is 27.9 Å². The van der Waals surface area contributed by atoms with Crippen LogP contribution in [0.25, 0.3) is 22.2 Å². The van der Waals surface area contributed by atoms with Gasteiger partial charge in [0.05, 0.1) is 17.2 Å². The Morgan fingerprint density at radius 2 is 1.91 bits per heavy atom. The van der Waals surface area contributed by atoms with Crippen molar-refractivity contribution in [2.45, 2.75) is 56.0 Å². The topological polar surface area (TPSA) is 78.9 Å². The Bertz CT molecular complexity index is 1190. The van der Waals surface area contributed by atoms with Crippen LogP contribution >= 0.6 is 23.1 Å². The van der Waals surface area contributed by atoms with Gasteiger partial charge in [-0.2, -0.15) is 0 Å². The van der Waals surface area contributed by atoms with E-state index in [2.05, 4.69) is 50.9 Å². The fourth-order valence-electron chi connectivity index (χ4n) is 4.38. The van der Waals surface area contributed by atoms with Crippen molar-refractivity contribution in [1.82, 2.24) is 25.0 Å². The summed E-state index contributed by atoms with van der Waals surface area (Å²) >= 11 is 3.22. The Kier molecular flexibility index (Phi) is 6.50. The van der Waals surface area contributed by atoms with Crippen LogP contribution in [0, 0.1) is 5.92 Å². The number of thioether (sulfide) groups is 1. The quantitative estimate of drug-likeness (QED) is 0.273. The van der Waals surface area contributed by atoms with E-state index in [1.165, 1.54) is 19.3 Å². The lowest BCUT2D eigenvalue weighted by Gasteiger charge is -2.31. The third-order valence-corrected chi connectivity index (χ3v) is 8.12. The van der Waals surface area contributed by atoms with Gasteiger partial charge in [-0.1, -0.05) is 37.6 Å². The highest BCUT2D eigenvalue weighted by atomic mass is 32.2. The molecule has 0 radical (unpaired) electrons. The van der Waals surface area contributed by atoms with Gasteiger partial charge in [0.2, 0.25) is 5.89 Å². The molecule has 3 heterocycles. The molecule has 3 aromatic heterocycles. The first-order valence-electron chi connectivity index (χ1n) is 11.3. The first kappa shape index (κ1) is 22.2. The van der Waals surface area contributed by atoms with E-state index in [9.17, 15) is 0 Å². The second kappa shape index (κ2) is 9.69. The molecule has 0 aliphatic heterocycles. The maximum Gasteiger partial charge on any atom is 0.257 e. The molecule has 1 aromatic carbocycles. The molecule has 5 rings (SSSR count). The molecule has 1 aliphatic carbocycles. The van der Waals surface area contributed by atoms with Gasteiger partial charge in [0.1, 0.15) is 5.75 Å². The van der Waals surface area contributed by atoms with Crippen LogP contribution in [-0.2, 0) is 0 Å². The Labute approximate surface area is 201 Å². The lowest BCUT2D eigenvalue weighted by Crippen LogP contribution is -2.22. The minimum atomic E-state index is -0.0447. The van der Waals surface area contributed by atoms with Gasteiger partial charge in [0.25, 0.3) is 5.89 Å². The number of methoxy groups -OCH3 is 1. The standard InChI is InChI=1S/C24H27N5O2S2/c1-15-7-4-5-8-19(15)29-21(17-10-12-18(30-3)13-11-17)25-28-24(29)33-16(2)22-26-27-23(31-22)20-9-6-14-32-20/h6,9-16,19H,4-5,7-8H2,1-3H3/t15-,16-,19+/m1/s1. The monoisotopic (exact) mass is 481 g/mol. The van der Waals surface area contributed by atoms with Gasteiger partial charge < -0.3 is 9.15 Å². The predicted octanol–water partition coefficient (Wildman–Crippen LogP) is 6.67. The van der Waals surface area contributed by atoms with Crippen LogP contribution in [0.15, 0.2) is 51.4 Å². The lowest BCUT2D eigenvalue weighted by atomic mass is 9.85. The molecule has 1 fully saturated rings. The fraction of sp³-hybridized carbons (Fsp3) is 0.417. The molecule has 1 aliphatic rings. The van der Waals surface area contributed by atoms with Gasteiger partial charge in [0, 0.05) is 11.6 Å². The zero-order chi connectivity index (χ0) is 22.8. The summed E-state index contributed by atoms with van der Waals surface area (Å²) in [4.78, 5) is 0.979. The van der Waals surface area contributed by atoms with Crippen molar-refractivity contribution < 1.29 is 9.15 Å². The van der Waals surface area contributed by atoms with E-state index >= 15 is 0 Å². The summed E-state index contributed by atoms with van der Waals surface area (Å²) in [5.74, 6) is 3.46. The third-order valence-electron chi connectivity index (χ3n) is 6.21. The van der Waals surface area contributed by atoms with Gasteiger partial charge in [-0.3, -0.25) is 4.57 Å². The number of nitrogens with zero attached hydrogens (tertiary/aromatic N) is 5. The third kappa shape index (κ3) is 4.56. The van der Waals surface area contributed by atoms with E-state index < -0.39 is 0 Å². The van der Waals surface area contributed by atoms with Crippen LogP contribution < -0.4 is 4.74 Å². The largest absolute Gasteiger partial charge is 0.497 e. The first-order valence-corrected chi connectivity index (χ1v) is 13.0. The summed E-state index contributed by atoms with van der Waals surface area (Å²) in [5.41, 5.74) is 1.04. The molecular formula is C24H27N5O2S2. The zero-order valence-electron chi connectivity index (χ0n) is 19.0. The van der Waals surface area contributed by atoms with Gasteiger partial charge >= 0.3 is 0 Å². The van der Waals surface area contributed by atoms with E-state index in [1.54, 1.807) is 30.2 Å².